The molecule has 0 unspecified atom stereocenters. The lowest BCUT2D eigenvalue weighted by Crippen LogP contribution is -2.62. The Morgan fingerprint density at radius 2 is 1.76 bits per heavy atom. The number of piperidine rings is 1. The van der Waals surface area contributed by atoms with E-state index in [-0.39, 0.29) is 6.04 Å². The minimum absolute atomic E-state index is 0.0227. The number of aliphatic hydroxyl groups is 1. The van der Waals surface area contributed by atoms with Gasteiger partial charge >= 0.3 is 0 Å². The van der Waals surface area contributed by atoms with Crippen molar-refractivity contribution in [3.8, 4) is 0 Å². The number of nitrogens with zero attached hydrogens (tertiary/aromatic N) is 3. The minimum Gasteiger partial charge on any atom is -0.383 e. The van der Waals surface area contributed by atoms with Crippen molar-refractivity contribution in [2.24, 2.45) is 0 Å². The largest absolute Gasteiger partial charge is 0.383 e. The third-order valence-electron chi connectivity index (χ3n) is 5.44. The molecule has 5 nitrogen and oxygen atoms in total. The Hall–Kier alpha value is -1.95. The van der Waals surface area contributed by atoms with Crippen LogP contribution in [-0.4, -0.2) is 60.4 Å². The summed E-state index contributed by atoms with van der Waals surface area (Å²) in [5.74, 6) is 0.982. The molecule has 3 heterocycles. The van der Waals surface area contributed by atoms with E-state index in [9.17, 15) is 5.11 Å². The van der Waals surface area contributed by atoms with E-state index in [1.807, 2.05) is 54.7 Å². The quantitative estimate of drug-likeness (QED) is 0.925. The van der Waals surface area contributed by atoms with Crippen LogP contribution in [0.3, 0.4) is 0 Å². The summed E-state index contributed by atoms with van der Waals surface area (Å²) in [6.07, 6.45) is 2.52. The van der Waals surface area contributed by atoms with Crippen LogP contribution in [0.4, 0.5) is 5.82 Å². The Morgan fingerprint density at radius 3 is 2.48 bits per heavy atom. The van der Waals surface area contributed by atoms with Gasteiger partial charge < -0.3 is 14.7 Å². The molecule has 5 heteroatoms. The lowest BCUT2D eigenvalue weighted by Gasteiger charge is -2.50. The van der Waals surface area contributed by atoms with Crippen molar-refractivity contribution in [2.75, 3.05) is 44.3 Å². The van der Waals surface area contributed by atoms with E-state index >= 15 is 0 Å². The maximum Gasteiger partial charge on any atom is 0.128 e. The molecule has 2 atom stereocenters. The van der Waals surface area contributed by atoms with Gasteiger partial charge in [-0.1, -0.05) is 36.4 Å². The number of pyridine rings is 1. The predicted molar refractivity (Wildman–Crippen MR) is 97.6 cm³/mol. The lowest BCUT2D eigenvalue weighted by atomic mass is 9.79. The first-order chi connectivity index (χ1) is 12.3. The Bertz CT molecular complexity index is 676. The predicted octanol–water partition coefficient (Wildman–Crippen LogP) is 1.88. The van der Waals surface area contributed by atoms with Crippen LogP contribution >= 0.6 is 0 Å². The number of benzene rings is 1. The molecule has 2 aliphatic heterocycles. The number of ether oxygens (including phenoxy) is 1. The molecule has 25 heavy (non-hydrogen) atoms. The zero-order valence-corrected chi connectivity index (χ0v) is 14.4. The minimum atomic E-state index is -0.843. The van der Waals surface area contributed by atoms with Gasteiger partial charge in [-0.05, 0) is 24.1 Å². The number of anilines is 1. The number of aromatic nitrogens is 1. The zero-order chi connectivity index (χ0) is 17.1. The highest BCUT2D eigenvalue weighted by atomic mass is 16.5. The highest BCUT2D eigenvalue weighted by Gasteiger charge is 2.46. The average molecular weight is 339 g/mol. The Balaban J connectivity index is 1.65. The summed E-state index contributed by atoms with van der Waals surface area (Å²) in [7, 11) is 0. The zero-order valence-electron chi connectivity index (χ0n) is 14.4. The van der Waals surface area contributed by atoms with Crippen molar-refractivity contribution in [3.63, 3.8) is 0 Å². The van der Waals surface area contributed by atoms with Gasteiger partial charge in [0.2, 0.25) is 0 Å². The standard InChI is InChI=1S/C20H25N3O2/c24-20(17-6-2-1-3-7-17)9-11-23(19-8-4-5-10-21-19)16-18(20)22-12-14-25-15-13-22/h1-8,10,18,24H,9,11-16H2/t18-,20+/m1/s1. The smallest absolute Gasteiger partial charge is 0.128 e. The molecule has 2 fully saturated rings. The Morgan fingerprint density at radius 1 is 1.00 bits per heavy atom. The molecule has 0 spiro atoms. The molecule has 4 rings (SSSR count). The van der Waals surface area contributed by atoms with Crippen LogP contribution in [0.25, 0.3) is 0 Å². The van der Waals surface area contributed by atoms with Gasteiger partial charge in [-0.15, -0.1) is 0 Å². The van der Waals surface area contributed by atoms with Gasteiger partial charge in [0.25, 0.3) is 0 Å². The second-order valence-corrected chi connectivity index (χ2v) is 6.84. The first kappa shape index (κ1) is 16.5. The third kappa shape index (κ3) is 3.27. The van der Waals surface area contributed by atoms with Crippen LogP contribution in [0.1, 0.15) is 12.0 Å². The highest BCUT2D eigenvalue weighted by molar-refractivity contribution is 5.41. The molecule has 132 valence electrons. The van der Waals surface area contributed by atoms with Crippen LogP contribution in [0.2, 0.25) is 0 Å². The van der Waals surface area contributed by atoms with Crippen LogP contribution in [0, 0.1) is 0 Å². The molecule has 0 aliphatic carbocycles. The molecular formula is C20H25N3O2. The van der Waals surface area contributed by atoms with Crippen molar-refractivity contribution in [1.29, 1.82) is 0 Å². The van der Waals surface area contributed by atoms with Gasteiger partial charge in [0, 0.05) is 32.4 Å². The second kappa shape index (κ2) is 7.12. The van der Waals surface area contributed by atoms with Gasteiger partial charge in [-0.3, -0.25) is 4.90 Å². The Kier molecular flexibility index (Phi) is 4.70. The summed E-state index contributed by atoms with van der Waals surface area (Å²) < 4.78 is 5.53. The van der Waals surface area contributed by atoms with Crippen molar-refractivity contribution >= 4 is 5.82 Å². The fourth-order valence-corrected chi connectivity index (χ4v) is 4.04. The SMILES string of the molecule is O[C@]1(c2ccccc2)CCN(c2ccccn2)C[C@H]1N1CCOCC1. The van der Waals surface area contributed by atoms with Gasteiger partial charge in [-0.25, -0.2) is 4.98 Å². The monoisotopic (exact) mass is 339 g/mol. The molecule has 1 aromatic heterocycles. The maximum atomic E-state index is 11.7. The van der Waals surface area contributed by atoms with Crippen molar-refractivity contribution in [3.05, 3.63) is 60.3 Å². The van der Waals surface area contributed by atoms with E-state index < -0.39 is 5.60 Å². The summed E-state index contributed by atoms with van der Waals surface area (Å²) in [5.41, 5.74) is 0.163. The van der Waals surface area contributed by atoms with Gasteiger partial charge in [0.05, 0.1) is 19.3 Å². The maximum absolute atomic E-state index is 11.7. The van der Waals surface area contributed by atoms with Gasteiger partial charge in [0.15, 0.2) is 0 Å². The van der Waals surface area contributed by atoms with E-state index in [0.29, 0.717) is 6.42 Å². The van der Waals surface area contributed by atoms with Crippen LogP contribution in [0.5, 0.6) is 0 Å². The van der Waals surface area contributed by atoms with E-state index in [2.05, 4.69) is 14.8 Å². The van der Waals surface area contributed by atoms with E-state index in [1.165, 1.54) is 0 Å². The molecule has 2 aliphatic rings. The van der Waals surface area contributed by atoms with Crippen LogP contribution < -0.4 is 4.90 Å². The summed E-state index contributed by atoms with van der Waals surface area (Å²) in [4.78, 5) is 9.17. The van der Waals surface area contributed by atoms with Gasteiger partial charge in [0.1, 0.15) is 11.4 Å². The average Bonchev–Trinajstić information content (AvgIpc) is 2.70. The van der Waals surface area contributed by atoms with Crippen molar-refractivity contribution in [1.82, 2.24) is 9.88 Å². The molecule has 0 amide bonds. The molecule has 1 aromatic carbocycles. The molecule has 1 N–H and O–H groups in total. The van der Waals surface area contributed by atoms with Crippen LogP contribution in [0.15, 0.2) is 54.7 Å². The molecule has 0 bridgehead atoms. The van der Waals surface area contributed by atoms with Crippen molar-refractivity contribution in [2.45, 2.75) is 18.1 Å². The first-order valence-corrected chi connectivity index (χ1v) is 9.03. The van der Waals surface area contributed by atoms with E-state index in [1.54, 1.807) is 0 Å². The molecular weight excluding hydrogens is 314 g/mol. The van der Waals surface area contributed by atoms with E-state index in [0.717, 1.165) is 50.8 Å². The third-order valence-corrected chi connectivity index (χ3v) is 5.44. The highest BCUT2D eigenvalue weighted by Crippen LogP contribution is 2.37. The normalized spacial score (nSPS) is 28.0. The summed E-state index contributed by atoms with van der Waals surface area (Å²) in [6.45, 7) is 4.73. The van der Waals surface area contributed by atoms with E-state index in [4.69, 9.17) is 4.74 Å². The summed E-state index contributed by atoms with van der Waals surface area (Å²) in [6, 6.07) is 16.1. The number of morpholine rings is 1. The first-order valence-electron chi connectivity index (χ1n) is 9.03. The molecule has 0 radical (unpaired) electrons. The number of hydrogen-bond acceptors (Lipinski definition) is 5. The topological polar surface area (TPSA) is 48.8 Å². The molecule has 0 saturated carbocycles. The summed E-state index contributed by atoms with van der Waals surface area (Å²) in [5, 5.41) is 11.7. The lowest BCUT2D eigenvalue weighted by molar-refractivity contribution is -0.0911. The second-order valence-electron chi connectivity index (χ2n) is 6.84. The Labute approximate surface area is 148 Å². The fraction of sp³-hybridized carbons (Fsp3) is 0.450. The van der Waals surface area contributed by atoms with Gasteiger partial charge in [-0.2, -0.15) is 0 Å². The summed E-state index contributed by atoms with van der Waals surface area (Å²) >= 11 is 0. The fourth-order valence-electron chi connectivity index (χ4n) is 4.04. The van der Waals surface area contributed by atoms with Crippen molar-refractivity contribution < 1.29 is 9.84 Å². The van der Waals surface area contributed by atoms with Crippen LogP contribution in [-0.2, 0) is 10.3 Å². The number of rotatable bonds is 3. The molecule has 2 aromatic rings. The molecule has 2 saturated heterocycles. The number of hydrogen-bond donors (Lipinski definition) is 1.